The van der Waals surface area contributed by atoms with Gasteiger partial charge in [-0.25, -0.2) is 19.6 Å². The molecular formula is C18H16N8O. The molecule has 134 valence electrons. The quantitative estimate of drug-likeness (QED) is 0.592. The van der Waals surface area contributed by atoms with E-state index in [1.807, 2.05) is 18.2 Å². The van der Waals surface area contributed by atoms with E-state index in [1.54, 1.807) is 29.5 Å². The van der Waals surface area contributed by atoms with Gasteiger partial charge in [0.15, 0.2) is 5.82 Å². The highest BCUT2D eigenvalue weighted by atomic mass is 16.1. The highest BCUT2D eigenvalue weighted by Crippen LogP contribution is 2.33. The van der Waals surface area contributed by atoms with Gasteiger partial charge in [0.2, 0.25) is 0 Å². The second-order valence-corrected chi connectivity index (χ2v) is 6.40. The van der Waals surface area contributed by atoms with Crippen LogP contribution in [0.1, 0.15) is 24.7 Å². The Kier molecular flexibility index (Phi) is 3.63. The molecule has 1 aliphatic rings. The molecule has 27 heavy (non-hydrogen) atoms. The number of para-hydroxylation sites is 1. The van der Waals surface area contributed by atoms with E-state index in [1.165, 1.54) is 6.33 Å². The Morgan fingerprint density at radius 2 is 1.96 bits per heavy atom. The molecule has 0 amide bonds. The van der Waals surface area contributed by atoms with Crippen LogP contribution in [0.2, 0.25) is 0 Å². The standard InChI is InChI=1S/C18H16N8O/c27-18-12-4-1-2-5-13(12)22-17(24-18)14-6-3-7-25(14)15-8-19-9-16(23-15)26-11-20-10-21-26/h1-2,4-5,8-11,14H,3,6-7H2,(H,22,24,27). The molecule has 1 N–H and O–H groups in total. The third-order valence-electron chi connectivity index (χ3n) is 4.76. The van der Waals surface area contributed by atoms with Crippen molar-refractivity contribution >= 4 is 16.7 Å². The molecule has 1 atom stereocenters. The van der Waals surface area contributed by atoms with Crippen LogP contribution in [-0.4, -0.2) is 41.2 Å². The summed E-state index contributed by atoms with van der Waals surface area (Å²) in [4.78, 5) is 35.1. The first-order valence-electron chi connectivity index (χ1n) is 8.72. The molecule has 5 rings (SSSR count). The van der Waals surface area contributed by atoms with Gasteiger partial charge in [-0.15, -0.1) is 0 Å². The van der Waals surface area contributed by atoms with Crippen molar-refractivity contribution in [3.8, 4) is 5.82 Å². The highest BCUT2D eigenvalue weighted by molar-refractivity contribution is 5.77. The molecule has 1 fully saturated rings. The van der Waals surface area contributed by atoms with Crippen LogP contribution in [0.5, 0.6) is 0 Å². The number of benzene rings is 1. The smallest absolute Gasteiger partial charge is 0.258 e. The molecule has 4 heterocycles. The summed E-state index contributed by atoms with van der Waals surface area (Å²) in [6, 6.07) is 7.31. The molecule has 1 aliphatic heterocycles. The van der Waals surface area contributed by atoms with Crippen LogP contribution in [0.25, 0.3) is 16.7 Å². The van der Waals surface area contributed by atoms with E-state index in [0.29, 0.717) is 22.5 Å². The van der Waals surface area contributed by atoms with Crippen LogP contribution in [-0.2, 0) is 0 Å². The maximum absolute atomic E-state index is 12.4. The molecule has 3 aromatic heterocycles. The van der Waals surface area contributed by atoms with Gasteiger partial charge in [0.25, 0.3) is 5.56 Å². The Bertz CT molecular complexity index is 1150. The minimum absolute atomic E-state index is 0.0531. The number of nitrogens with one attached hydrogen (secondary N) is 1. The third-order valence-corrected chi connectivity index (χ3v) is 4.76. The molecular weight excluding hydrogens is 344 g/mol. The number of hydrogen-bond acceptors (Lipinski definition) is 7. The van der Waals surface area contributed by atoms with E-state index in [4.69, 9.17) is 4.98 Å². The molecule has 0 bridgehead atoms. The predicted molar refractivity (Wildman–Crippen MR) is 98.6 cm³/mol. The van der Waals surface area contributed by atoms with Gasteiger partial charge in [0, 0.05) is 6.54 Å². The molecule has 1 aromatic carbocycles. The predicted octanol–water partition coefficient (Wildman–Crippen LogP) is 1.64. The lowest BCUT2D eigenvalue weighted by molar-refractivity contribution is 0.658. The molecule has 0 saturated carbocycles. The van der Waals surface area contributed by atoms with Crippen molar-refractivity contribution in [3.05, 3.63) is 65.5 Å². The zero-order valence-corrected chi connectivity index (χ0v) is 14.4. The van der Waals surface area contributed by atoms with E-state index < -0.39 is 0 Å². The first-order chi connectivity index (χ1) is 13.3. The second-order valence-electron chi connectivity index (χ2n) is 6.40. The van der Waals surface area contributed by atoms with Gasteiger partial charge >= 0.3 is 0 Å². The average molecular weight is 360 g/mol. The lowest BCUT2D eigenvalue weighted by atomic mass is 10.2. The van der Waals surface area contributed by atoms with Gasteiger partial charge < -0.3 is 9.88 Å². The summed E-state index contributed by atoms with van der Waals surface area (Å²) < 4.78 is 1.57. The Balaban J connectivity index is 1.55. The van der Waals surface area contributed by atoms with Crippen molar-refractivity contribution in [1.82, 2.24) is 34.7 Å². The summed E-state index contributed by atoms with van der Waals surface area (Å²) in [6.07, 6.45) is 8.26. The number of hydrogen-bond donors (Lipinski definition) is 1. The van der Waals surface area contributed by atoms with Crippen molar-refractivity contribution in [2.45, 2.75) is 18.9 Å². The molecule has 4 aromatic rings. The van der Waals surface area contributed by atoms with Gasteiger partial charge in [-0.3, -0.25) is 9.78 Å². The first kappa shape index (κ1) is 15.6. The zero-order valence-electron chi connectivity index (χ0n) is 14.4. The molecule has 0 spiro atoms. The maximum atomic E-state index is 12.4. The second kappa shape index (κ2) is 6.27. The highest BCUT2D eigenvalue weighted by Gasteiger charge is 2.30. The van der Waals surface area contributed by atoms with Gasteiger partial charge in [-0.2, -0.15) is 5.10 Å². The van der Waals surface area contributed by atoms with Crippen LogP contribution in [0.3, 0.4) is 0 Å². The first-order valence-corrected chi connectivity index (χ1v) is 8.72. The van der Waals surface area contributed by atoms with E-state index in [9.17, 15) is 4.79 Å². The fourth-order valence-electron chi connectivity index (χ4n) is 3.51. The lowest BCUT2D eigenvalue weighted by Crippen LogP contribution is -2.27. The summed E-state index contributed by atoms with van der Waals surface area (Å²) in [5, 5.41) is 4.70. The molecule has 0 aliphatic carbocycles. The van der Waals surface area contributed by atoms with Gasteiger partial charge in [0.1, 0.15) is 24.3 Å². The largest absolute Gasteiger partial charge is 0.345 e. The minimum Gasteiger partial charge on any atom is -0.345 e. The maximum Gasteiger partial charge on any atom is 0.258 e. The number of aromatic nitrogens is 7. The monoisotopic (exact) mass is 360 g/mol. The number of anilines is 1. The van der Waals surface area contributed by atoms with Crippen LogP contribution in [0.15, 0.2) is 54.1 Å². The van der Waals surface area contributed by atoms with E-state index >= 15 is 0 Å². The number of H-pyrrole nitrogens is 1. The van der Waals surface area contributed by atoms with E-state index in [0.717, 1.165) is 25.2 Å². The van der Waals surface area contributed by atoms with Crippen LogP contribution in [0, 0.1) is 0 Å². The van der Waals surface area contributed by atoms with Gasteiger partial charge in [-0.05, 0) is 25.0 Å². The Labute approximate surface area is 153 Å². The Hall–Kier alpha value is -3.62. The number of rotatable bonds is 3. The van der Waals surface area contributed by atoms with Crippen molar-refractivity contribution in [3.63, 3.8) is 0 Å². The van der Waals surface area contributed by atoms with Crippen molar-refractivity contribution < 1.29 is 0 Å². The number of aromatic amines is 1. The molecule has 1 saturated heterocycles. The van der Waals surface area contributed by atoms with Crippen LogP contribution < -0.4 is 10.5 Å². The van der Waals surface area contributed by atoms with E-state index in [2.05, 4.69) is 29.9 Å². The summed E-state index contributed by atoms with van der Waals surface area (Å²) >= 11 is 0. The van der Waals surface area contributed by atoms with E-state index in [-0.39, 0.29) is 11.6 Å². The van der Waals surface area contributed by atoms with Gasteiger partial charge in [0.05, 0.1) is 29.3 Å². The molecule has 1 unspecified atom stereocenters. The Morgan fingerprint density at radius 3 is 2.85 bits per heavy atom. The van der Waals surface area contributed by atoms with Crippen molar-refractivity contribution in [1.29, 1.82) is 0 Å². The van der Waals surface area contributed by atoms with Crippen molar-refractivity contribution in [2.75, 3.05) is 11.4 Å². The molecule has 0 radical (unpaired) electrons. The number of fused-ring (bicyclic) bond motifs is 1. The van der Waals surface area contributed by atoms with Crippen LogP contribution in [0.4, 0.5) is 5.82 Å². The van der Waals surface area contributed by atoms with Crippen LogP contribution >= 0.6 is 0 Å². The summed E-state index contributed by atoms with van der Waals surface area (Å²) in [6.45, 7) is 0.816. The summed E-state index contributed by atoms with van der Waals surface area (Å²) in [5.74, 6) is 1.97. The summed E-state index contributed by atoms with van der Waals surface area (Å²) in [7, 11) is 0. The Morgan fingerprint density at radius 1 is 1.07 bits per heavy atom. The molecule has 9 heteroatoms. The average Bonchev–Trinajstić information content (AvgIpc) is 3.40. The number of nitrogens with zero attached hydrogens (tertiary/aromatic N) is 7. The fraction of sp³-hybridized carbons (Fsp3) is 0.222. The topological polar surface area (TPSA) is 105 Å². The normalized spacial score (nSPS) is 16.9. The zero-order chi connectivity index (χ0) is 18.2. The lowest BCUT2D eigenvalue weighted by Gasteiger charge is -2.25. The minimum atomic E-state index is -0.120. The fourth-order valence-corrected chi connectivity index (χ4v) is 3.51. The SMILES string of the molecule is O=c1[nH]c(C2CCCN2c2cncc(-n3cncn3)n2)nc2ccccc12. The third kappa shape index (κ3) is 2.73. The molecule has 9 nitrogen and oxygen atoms in total. The summed E-state index contributed by atoms with van der Waals surface area (Å²) in [5.41, 5.74) is 0.579. The van der Waals surface area contributed by atoms with Crippen molar-refractivity contribution in [2.24, 2.45) is 0 Å². The van der Waals surface area contributed by atoms with Gasteiger partial charge in [-0.1, -0.05) is 12.1 Å².